The van der Waals surface area contributed by atoms with Gasteiger partial charge in [-0.3, -0.25) is 0 Å². The normalized spacial score (nSPS) is 12.1. The summed E-state index contributed by atoms with van der Waals surface area (Å²) in [4.78, 5) is 5.86. The largest absolute Gasteiger partial charge is 0.255 e. The molecule has 1 aromatic rings. The lowest BCUT2D eigenvalue weighted by atomic mass is 10.5. The Morgan fingerprint density at radius 2 is 2.00 bits per heavy atom. The van der Waals surface area contributed by atoms with Gasteiger partial charge < -0.3 is 0 Å². The van der Waals surface area contributed by atoms with E-state index in [0.717, 1.165) is 6.20 Å². The second-order valence-corrected chi connectivity index (χ2v) is 5.36. The number of nitrogens with one attached hydrogen (secondary N) is 1. The molecular weight excluding hydrogens is 261 g/mol. The Morgan fingerprint density at radius 3 is 2.47 bits per heavy atom. The van der Waals surface area contributed by atoms with Crippen LogP contribution in [0.5, 0.6) is 0 Å². The van der Waals surface area contributed by atoms with Crippen LogP contribution in [-0.4, -0.2) is 32.5 Å². The average molecular weight is 270 g/mol. The number of aromatic nitrogens is 1. The van der Waals surface area contributed by atoms with Crippen LogP contribution in [0.3, 0.4) is 0 Å². The molecule has 0 atom stereocenters. The standard InChI is InChI=1S/C7H9Cl2N3O2S/c1-12(2)11-15(13,14)5-3-6(8)7(9)10-4-5/h3-4,11H,1-2H3. The fourth-order valence-electron chi connectivity index (χ4n) is 0.844. The molecule has 1 heterocycles. The Hall–Kier alpha value is -0.400. The minimum Gasteiger partial charge on any atom is -0.242 e. The van der Waals surface area contributed by atoms with Crippen LogP contribution in [0.1, 0.15) is 0 Å². The predicted molar refractivity (Wildman–Crippen MR) is 58.3 cm³/mol. The minimum absolute atomic E-state index is 0.0365. The van der Waals surface area contributed by atoms with Crippen molar-refractivity contribution < 1.29 is 8.42 Å². The van der Waals surface area contributed by atoms with Gasteiger partial charge >= 0.3 is 0 Å². The molecule has 0 saturated heterocycles. The number of hydrogen-bond acceptors (Lipinski definition) is 4. The third-order valence-corrected chi connectivity index (χ3v) is 3.52. The average Bonchev–Trinajstić information content (AvgIpc) is 2.07. The number of sulfonamides is 1. The maximum Gasteiger partial charge on any atom is 0.255 e. The maximum atomic E-state index is 11.6. The van der Waals surface area contributed by atoms with Crippen molar-refractivity contribution in [2.45, 2.75) is 4.90 Å². The monoisotopic (exact) mass is 269 g/mol. The third-order valence-electron chi connectivity index (χ3n) is 1.38. The summed E-state index contributed by atoms with van der Waals surface area (Å²) in [6, 6.07) is 1.24. The lowest BCUT2D eigenvalue weighted by Crippen LogP contribution is -2.36. The molecule has 0 radical (unpaired) electrons. The Balaban J connectivity index is 3.11. The zero-order valence-corrected chi connectivity index (χ0v) is 10.4. The lowest BCUT2D eigenvalue weighted by Gasteiger charge is -2.12. The van der Waals surface area contributed by atoms with Crippen molar-refractivity contribution in [1.29, 1.82) is 0 Å². The topological polar surface area (TPSA) is 62.3 Å². The van der Waals surface area contributed by atoms with Gasteiger partial charge in [0.1, 0.15) is 10.0 Å². The van der Waals surface area contributed by atoms with Crippen LogP contribution in [0, 0.1) is 0 Å². The summed E-state index contributed by atoms with van der Waals surface area (Å²) >= 11 is 11.2. The first kappa shape index (κ1) is 12.7. The number of hydrogen-bond donors (Lipinski definition) is 1. The van der Waals surface area contributed by atoms with Crippen molar-refractivity contribution in [3.63, 3.8) is 0 Å². The minimum atomic E-state index is -3.63. The SMILES string of the molecule is CN(C)NS(=O)(=O)c1cnc(Cl)c(Cl)c1. The molecule has 0 saturated carbocycles. The first-order valence-corrected chi connectivity index (χ1v) is 6.07. The van der Waals surface area contributed by atoms with E-state index in [9.17, 15) is 8.42 Å². The van der Waals surface area contributed by atoms with Gasteiger partial charge in [0.2, 0.25) is 0 Å². The van der Waals surface area contributed by atoms with Crippen molar-refractivity contribution in [3.05, 3.63) is 22.4 Å². The van der Waals surface area contributed by atoms with E-state index in [1.54, 1.807) is 14.1 Å². The first-order chi connectivity index (χ1) is 6.83. The maximum absolute atomic E-state index is 11.6. The number of nitrogens with zero attached hydrogens (tertiary/aromatic N) is 2. The molecule has 5 nitrogen and oxygen atoms in total. The number of pyridine rings is 1. The summed E-state index contributed by atoms with van der Waals surface area (Å²) in [6.07, 6.45) is 1.14. The summed E-state index contributed by atoms with van der Waals surface area (Å²) in [5, 5.41) is 1.47. The third kappa shape index (κ3) is 3.29. The Labute approximate surface area is 98.0 Å². The molecule has 0 aliphatic heterocycles. The van der Waals surface area contributed by atoms with Gasteiger partial charge in [-0.2, -0.15) is 0 Å². The van der Waals surface area contributed by atoms with Gasteiger partial charge in [0.05, 0.1) is 5.02 Å². The predicted octanol–water partition coefficient (Wildman–Crippen LogP) is 1.14. The van der Waals surface area contributed by atoms with E-state index in [1.165, 1.54) is 11.1 Å². The molecule has 1 aromatic heterocycles. The fraction of sp³-hybridized carbons (Fsp3) is 0.286. The molecule has 0 fully saturated rings. The molecule has 0 aliphatic rings. The van der Waals surface area contributed by atoms with Crippen LogP contribution >= 0.6 is 23.2 Å². The summed E-state index contributed by atoms with van der Waals surface area (Å²) in [5.74, 6) is 0. The number of rotatable bonds is 3. The van der Waals surface area contributed by atoms with Gasteiger partial charge in [0, 0.05) is 20.3 Å². The van der Waals surface area contributed by atoms with Crippen molar-refractivity contribution in [2.75, 3.05) is 14.1 Å². The molecule has 0 amide bonds. The van der Waals surface area contributed by atoms with E-state index in [1.807, 2.05) is 0 Å². The van der Waals surface area contributed by atoms with Crippen molar-refractivity contribution in [2.24, 2.45) is 0 Å². The van der Waals surface area contributed by atoms with Crippen LogP contribution in [0.15, 0.2) is 17.2 Å². The highest BCUT2D eigenvalue weighted by Crippen LogP contribution is 2.21. The summed E-state index contributed by atoms with van der Waals surface area (Å²) in [7, 11) is -0.512. The van der Waals surface area contributed by atoms with Gasteiger partial charge in [-0.25, -0.2) is 18.4 Å². The summed E-state index contributed by atoms with van der Waals surface area (Å²) in [6.45, 7) is 0. The highest BCUT2D eigenvalue weighted by Gasteiger charge is 2.16. The van der Waals surface area contributed by atoms with Gasteiger partial charge in [0.25, 0.3) is 10.0 Å². The molecule has 1 N–H and O–H groups in total. The van der Waals surface area contributed by atoms with Crippen LogP contribution in [0.25, 0.3) is 0 Å². The van der Waals surface area contributed by atoms with E-state index in [-0.39, 0.29) is 15.1 Å². The number of hydrazine groups is 1. The molecule has 0 spiro atoms. The van der Waals surface area contributed by atoms with E-state index < -0.39 is 10.0 Å². The number of halogens is 2. The molecule has 0 unspecified atom stereocenters. The highest BCUT2D eigenvalue weighted by atomic mass is 35.5. The Bertz CT molecular complexity index is 461. The molecule has 15 heavy (non-hydrogen) atoms. The second kappa shape index (κ2) is 4.63. The smallest absolute Gasteiger partial charge is 0.242 e. The molecule has 0 aliphatic carbocycles. The van der Waals surface area contributed by atoms with Crippen LogP contribution in [-0.2, 0) is 10.0 Å². The molecule has 1 rings (SSSR count). The fourth-order valence-corrected chi connectivity index (χ4v) is 2.23. The van der Waals surface area contributed by atoms with E-state index in [4.69, 9.17) is 23.2 Å². The quantitative estimate of drug-likeness (QED) is 0.661. The lowest BCUT2D eigenvalue weighted by molar-refractivity contribution is 0.364. The Kier molecular flexibility index (Phi) is 3.91. The molecule has 0 bridgehead atoms. The van der Waals surface area contributed by atoms with Gasteiger partial charge in [-0.05, 0) is 6.07 Å². The molecule has 0 aromatic carbocycles. The Morgan fingerprint density at radius 1 is 1.40 bits per heavy atom. The van der Waals surface area contributed by atoms with E-state index in [0.29, 0.717) is 0 Å². The van der Waals surface area contributed by atoms with E-state index in [2.05, 4.69) is 9.82 Å². The van der Waals surface area contributed by atoms with E-state index >= 15 is 0 Å². The van der Waals surface area contributed by atoms with Crippen molar-refractivity contribution in [3.8, 4) is 0 Å². The zero-order valence-electron chi connectivity index (χ0n) is 8.03. The van der Waals surface area contributed by atoms with Crippen molar-refractivity contribution >= 4 is 33.2 Å². The summed E-state index contributed by atoms with van der Waals surface area (Å²) in [5.41, 5.74) is 0. The molecular formula is C7H9Cl2N3O2S. The molecule has 8 heteroatoms. The molecule has 84 valence electrons. The highest BCUT2D eigenvalue weighted by molar-refractivity contribution is 7.89. The van der Waals surface area contributed by atoms with Crippen molar-refractivity contribution in [1.82, 2.24) is 14.8 Å². The van der Waals surface area contributed by atoms with Crippen LogP contribution in [0.2, 0.25) is 10.2 Å². The van der Waals surface area contributed by atoms with Gasteiger partial charge in [-0.15, -0.1) is 4.83 Å². The van der Waals surface area contributed by atoms with Crippen LogP contribution < -0.4 is 4.83 Å². The zero-order chi connectivity index (χ0) is 11.6. The second-order valence-electron chi connectivity index (χ2n) is 2.93. The van der Waals surface area contributed by atoms with Gasteiger partial charge in [-0.1, -0.05) is 23.2 Å². The first-order valence-electron chi connectivity index (χ1n) is 3.84. The van der Waals surface area contributed by atoms with Crippen LogP contribution in [0.4, 0.5) is 0 Å². The summed E-state index contributed by atoms with van der Waals surface area (Å²) < 4.78 is 23.2. The van der Waals surface area contributed by atoms with Gasteiger partial charge in [0.15, 0.2) is 0 Å².